The number of carbonyl (C=O) groups is 2. The van der Waals surface area contributed by atoms with E-state index in [-0.39, 0.29) is 22.4 Å². The van der Waals surface area contributed by atoms with E-state index in [1.807, 2.05) is 41.0 Å². The van der Waals surface area contributed by atoms with Crippen molar-refractivity contribution in [2.45, 2.75) is 24.0 Å². The van der Waals surface area contributed by atoms with Crippen LogP contribution < -0.4 is 0 Å². The number of halogens is 1. The Morgan fingerprint density at radius 1 is 1.24 bits per heavy atom. The third-order valence-corrected chi connectivity index (χ3v) is 6.56. The summed E-state index contributed by atoms with van der Waals surface area (Å²) in [5.74, 6) is 0.212. The van der Waals surface area contributed by atoms with Crippen LogP contribution in [-0.4, -0.2) is 71.5 Å². The van der Waals surface area contributed by atoms with Crippen molar-refractivity contribution < 1.29 is 9.59 Å². The van der Waals surface area contributed by atoms with E-state index in [0.29, 0.717) is 18.0 Å². The Balaban J connectivity index is 1.66. The number of rotatable bonds is 4. The summed E-state index contributed by atoms with van der Waals surface area (Å²) >= 11 is 7.93. The summed E-state index contributed by atoms with van der Waals surface area (Å²) in [6.07, 6.45) is 0.365. The first kappa shape index (κ1) is 18.5. The molecule has 0 radical (unpaired) electrons. The molecule has 1 aromatic carbocycles. The number of hydrogen-bond acceptors (Lipinski definition) is 4. The highest BCUT2D eigenvalue weighted by molar-refractivity contribution is 8.01. The highest BCUT2D eigenvalue weighted by Gasteiger charge is 2.39. The molecule has 2 aliphatic rings. The number of nitrogens with zero attached hydrogens (tertiary/aromatic N) is 3. The number of likely N-dealkylation sites (N-methyl/N-ethyl adjacent to an activating group) is 1. The van der Waals surface area contributed by atoms with E-state index in [4.69, 9.17) is 11.6 Å². The van der Waals surface area contributed by atoms with Gasteiger partial charge in [0, 0.05) is 49.7 Å². The first-order valence-corrected chi connectivity index (χ1v) is 9.96. The minimum atomic E-state index is -0.114. The van der Waals surface area contributed by atoms with Crippen LogP contribution in [0, 0.1) is 0 Å². The number of carbonyl (C=O) groups excluding carboxylic acids is 2. The van der Waals surface area contributed by atoms with Gasteiger partial charge in [-0.2, -0.15) is 0 Å². The SMILES string of the molecule is CC1SC(c2ccccc2Cl)N(CCC(=O)N2CCN(C)CC2)C1=O. The second-order valence-corrected chi connectivity index (χ2v) is 8.45. The molecule has 2 saturated heterocycles. The smallest absolute Gasteiger partial charge is 0.236 e. The van der Waals surface area contributed by atoms with Gasteiger partial charge in [0.05, 0.1) is 5.25 Å². The second-order valence-electron chi connectivity index (χ2n) is 6.62. The lowest BCUT2D eigenvalue weighted by Gasteiger charge is -2.33. The monoisotopic (exact) mass is 381 g/mol. The van der Waals surface area contributed by atoms with Gasteiger partial charge in [-0.15, -0.1) is 11.8 Å². The van der Waals surface area contributed by atoms with Crippen molar-refractivity contribution in [1.29, 1.82) is 0 Å². The summed E-state index contributed by atoms with van der Waals surface area (Å²) in [5.41, 5.74) is 0.943. The first-order valence-electron chi connectivity index (χ1n) is 8.64. The highest BCUT2D eigenvalue weighted by atomic mass is 35.5. The highest BCUT2D eigenvalue weighted by Crippen LogP contribution is 2.44. The summed E-state index contributed by atoms with van der Waals surface area (Å²) in [4.78, 5) is 31.0. The zero-order chi connectivity index (χ0) is 18.0. The molecule has 0 spiro atoms. The van der Waals surface area contributed by atoms with E-state index < -0.39 is 0 Å². The fourth-order valence-electron chi connectivity index (χ4n) is 3.25. The molecule has 2 heterocycles. The molecule has 5 nitrogen and oxygen atoms in total. The van der Waals surface area contributed by atoms with Crippen molar-refractivity contribution in [1.82, 2.24) is 14.7 Å². The Morgan fingerprint density at radius 3 is 2.60 bits per heavy atom. The fourth-order valence-corrected chi connectivity index (χ4v) is 4.90. The molecule has 0 N–H and O–H groups in total. The van der Waals surface area contributed by atoms with Crippen molar-refractivity contribution in [2.24, 2.45) is 0 Å². The van der Waals surface area contributed by atoms with E-state index in [0.717, 1.165) is 31.7 Å². The van der Waals surface area contributed by atoms with Gasteiger partial charge >= 0.3 is 0 Å². The summed E-state index contributed by atoms with van der Waals surface area (Å²) in [7, 11) is 2.07. The second kappa shape index (κ2) is 7.98. The van der Waals surface area contributed by atoms with E-state index in [2.05, 4.69) is 11.9 Å². The zero-order valence-corrected chi connectivity index (χ0v) is 16.2. The largest absolute Gasteiger partial charge is 0.340 e. The van der Waals surface area contributed by atoms with Gasteiger partial charge < -0.3 is 14.7 Å². The van der Waals surface area contributed by atoms with Crippen LogP contribution >= 0.6 is 23.4 Å². The molecule has 136 valence electrons. The molecule has 2 fully saturated rings. The maximum Gasteiger partial charge on any atom is 0.236 e. The third-order valence-electron chi connectivity index (χ3n) is 4.84. The molecule has 1 aromatic rings. The van der Waals surface area contributed by atoms with Crippen LogP contribution in [0.25, 0.3) is 0 Å². The molecule has 0 aliphatic carbocycles. The molecule has 7 heteroatoms. The van der Waals surface area contributed by atoms with Crippen molar-refractivity contribution in [3.8, 4) is 0 Å². The molecule has 2 unspecified atom stereocenters. The molecular formula is C18H24ClN3O2S. The Kier molecular flexibility index (Phi) is 5.92. The van der Waals surface area contributed by atoms with Crippen molar-refractivity contribution in [3.05, 3.63) is 34.9 Å². The molecule has 2 aliphatic heterocycles. The predicted octanol–water partition coefficient (Wildman–Crippen LogP) is 2.47. The van der Waals surface area contributed by atoms with Gasteiger partial charge in [-0.25, -0.2) is 0 Å². The van der Waals surface area contributed by atoms with Crippen LogP contribution in [0.2, 0.25) is 5.02 Å². The number of piperazine rings is 1. The quantitative estimate of drug-likeness (QED) is 0.803. The van der Waals surface area contributed by atoms with Crippen LogP contribution in [0.15, 0.2) is 24.3 Å². The summed E-state index contributed by atoms with van der Waals surface area (Å²) in [6.45, 7) is 5.70. The van der Waals surface area contributed by atoms with Crippen molar-refractivity contribution >= 4 is 35.2 Å². The molecule has 0 bridgehead atoms. The van der Waals surface area contributed by atoms with Gasteiger partial charge in [0.1, 0.15) is 5.37 Å². The summed E-state index contributed by atoms with van der Waals surface area (Å²) < 4.78 is 0. The van der Waals surface area contributed by atoms with E-state index in [9.17, 15) is 9.59 Å². The van der Waals surface area contributed by atoms with Gasteiger partial charge in [0.25, 0.3) is 0 Å². The lowest BCUT2D eigenvalue weighted by molar-refractivity contribution is -0.134. The Morgan fingerprint density at radius 2 is 1.92 bits per heavy atom. The molecule has 0 aromatic heterocycles. The normalized spacial score (nSPS) is 24.8. The van der Waals surface area contributed by atoms with Gasteiger partial charge in [-0.1, -0.05) is 29.8 Å². The fraction of sp³-hybridized carbons (Fsp3) is 0.556. The first-order chi connectivity index (χ1) is 12.0. The molecule has 2 amide bonds. The van der Waals surface area contributed by atoms with Crippen molar-refractivity contribution in [3.63, 3.8) is 0 Å². The minimum absolute atomic E-state index is 0.0843. The van der Waals surface area contributed by atoms with Crippen LogP contribution in [0.3, 0.4) is 0 Å². The number of benzene rings is 1. The molecule has 25 heavy (non-hydrogen) atoms. The lowest BCUT2D eigenvalue weighted by Crippen LogP contribution is -2.47. The molecule has 2 atom stereocenters. The van der Waals surface area contributed by atoms with E-state index in [1.54, 1.807) is 11.8 Å². The zero-order valence-electron chi connectivity index (χ0n) is 14.7. The number of hydrogen-bond donors (Lipinski definition) is 0. The number of thioether (sulfide) groups is 1. The molecule has 0 saturated carbocycles. The van der Waals surface area contributed by atoms with Crippen LogP contribution in [0.5, 0.6) is 0 Å². The van der Waals surface area contributed by atoms with Crippen LogP contribution in [0.4, 0.5) is 0 Å². The standard InChI is InChI=1S/C18H24ClN3O2S/c1-13-17(24)22(18(25-13)14-5-3-4-6-15(14)19)8-7-16(23)21-11-9-20(2)10-12-21/h3-6,13,18H,7-12H2,1-2H3. The van der Waals surface area contributed by atoms with E-state index >= 15 is 0 Å². The van der Waals surface area contributed by atoms with Gasteiger partial charge in [-0.3, -0.25) is 9.59 Å². The maximum atomic E-state index is 12.6. The predicted molar refractivity (Wildman–Crippen MR) is 102 cm³/mol. The van der Waals surface area contributed by atoms with Crippen LogP contribution in [0.1, 0.15) is 24.3 Å². The average Bonchev–Trinajstić information content (AvgIpc) is 2.88. The Bertz CT molecular complexity index is 649. The van der Waals surface area contributed by atoms with Crippen molar-refractivity contribution in [2.75, 3.05) is 39.8 Å². The average molecular weight is 382 g/mol. The minimum Gasteiger partial charge on any atom is -0.340 e. The van der Waals surface area contributed by atoms with Gasteiger partial charge in [-0.05, 0) is 20.0 Å². The summed E-state index contributed by atoms with van der Waals surface area (Å²) in [5, 5.41) is 0.439. The van der Waals surface area contributed by atoms with Crippen LogP contribution in [-0.2, 0) is 9.59 Å². The third kappa shape index (κ3) is 4.13. The Hall–Kier alpha value is -1.24. The van der Waals surface area contributed by atoms with Gasteiger partial charge in [0.15, 0.2) is 0 Å². The summed E-state index contributed by atoms with van der Waals surface area (Å²) in [6, 6.07) is 7.62. The molecular weight excluding hydrogens is 358 g/mol. The maximum absolute atomic E-state index is 12.6. The van der Waals surface area contributed by atoms with E-state index in [1.165, 1.54) is 0 Å². The number of amides is 2. The topological polar surface area (TPSA) is 43.9 Å². The molecule has 3 rings (SSSR count). The lowest BCUT2D eigenvalue weighted by atomic mass is 10.2. The van der Waals surface area contributed by atoms with Gasteiger partial charge in [0.2, 0.25) is 11.8 Å². The Labute approximate surface area is 158 Å².